The highest BCUT2D eigenvalue weighted by atomic mass is 16.6. The van der Waals surface area contributed by atoms with Gasteiger partial charge in [0.15, 0.2) is 0 Å². The van der Waals surface area contributed by atoms with E-state index < -0.39 is 34.7 Å². The third kappa shape index (κ3) is 4.07. The summed E-state index contributed by atoms with van der Waals surface area (Å²) in [6.07, 6.45) is 1.28. The van der Waals surface area contributed by atoms with Gasteiger partial charge in [0.25, 0.3) is 17.5 Å². The van der Waals surface area contributed by atoms with Gasteiger partial charge in [-0.25, -0.2) is 4.90 Å². The molecule has 10 nitrogen and oxygen atoms in total. The van der Waals surface area contributed by atoms with E-state index in [0.29, 0.717) is 18.5 Å². The van der Waals surface area contributed by atoms with Crippen molar-refractivity contribution in [3.63, 3.8) is 0 Å². The maximum atomic E-state index is 13.2. The molecule has 1 atom stereocenters. The van der Waals surface area contributed by atoms with Crippen molar-refractivity contribution in [2.45, 2.75) is 38.3 Å². The number of anilines is 1. The van der Waals surface area contributed by atoms with E-state index in [0.717, 1.165) is 4.90 Å². The minimum Gasteiger partial charge on any atom is -0.427 e. The standard InChI is InChI=1S/C22H19N3O7/c1-13(26)32-18-10-8-16(9-11-18)24-20(27)12-19(22(24)29)23(15-6-7-15)21(28)14-2-4-17(5-3-14)25(30)31/h2-5,8-11,15,19H,6-7,12H2,1H3. The number of carbonyl (C=O) groups excluding carboxylic acids is 4. The number of ether oxygens (including phenoxy) is 1. The number of nitro benzene ring substituents is 1. The number of esters is 1. The SMILES string of the molecule is CC(=O)Oc1ccc(N2C(=O)CC(N(C(=O)c3ccc([N+](=O)[O-])cc3)C3CC3)C2=O)cc1. The van der Waals surface area contributed by atoms with Gasteiger partial charge in [0.1, 0.15) is 11.8 Å². The number of nitro groups is 1. The first kappa shape index (κ1) is 21.2. The molecule has 3 amide bonds. The largest absolute Gasteiger partial charge is 0.427 e. The molecule has 0 radical (unpaired) electrons. The first-order valence-corrected chi connectivity index (χ1v) is 9.98. The van der Waals surface area contributed by atoms with Gasteiger partial charge in [-0.15, -0.1) is 0 Å². The highest BCUT2D eigenvalue weighted by molar-refractivity contribution is 6.23. The highest BCUT2D eigenvalue weighted by Gasteiger charge is 2.48. The van der Waals surface area contributed by atoms with Crippen LogP contribution in [0.15, 0.2) is 48.5 Å². The normalized spacial score (nSPS) is 17.9. The van der Waals surface area contributed by atoms with Gasteiger partial charge < -0.3 is 9.64 Å². The molecule has 2 aromatic carbocycles. The van der Waals surface area contributed by atoms with Crippen LogP contribution in [0, 0.1) is 10.1 Å². The number of amides is 3. The molecule has 1 aliphatic heterocycles. The molecule has 164 valence electrons. The monoisotopic (exact) mass is 437 g/mol. The highest BCUT2D eigenvalue weighted by Crippen LogP contribution is 2.35. The van der Waals surface area contributed by atoms with E-state index in [4.69, 9.17) is 4.74 Å². The molecule has 0 spiro atoms. The molecule has 0 N–H and O–H groups in total. The first-order chi connectivity index (χ1) is 15.3. The Hall–Kier alpha value is -4.08. The molecule has 0 bridgehead atoms. The number of hydrogen-bond donors (Lipinski definition) is 0. The number of non-ortho nitro benzene ring substituents is 1. The van der Waals surface area contributed by atoms with Crippen molar-refractivity contribution < 1.29 is 28.8 Å². The summed E-state index contributed by atoms with van der Waals surface area (Å²) in [4.78, 5) is 62.8. The van der Waals surface area contributed by atoms with Gasteiger partial charge in [-0.05, 0) is 49.2 Å². The quantitative estimate of drug-likeness (QED) is 0.223. The molecule has 1 aliphatic carbocycles. The Bertz CT molecular complexity index is 1110. The van der Waals surface area contributed by atoms with Crippen molar-refractivity contribution in [1.82, 2.24) is 4.90 Å². The Labute approximate surface area is 182 Å². The van der Waals surface area contributed by atoms with Crippen LogP contribution in [0.25, 0.3) is 0 Å². The van der Waals surface area contributed by atoms with Crippen molar-refractivity contribution in [2.24, 2.45) is 0 Å². The van der Waals surface area contributed by atoms with Gasteiger partial charge in [-0.2, -0.15) is 0 Å². The Morgan fingerprint density at radius 2 is 1.69 bits per heavy atom. The van der Waals surface area contributed by atoms with Crippen LogP contribution in [-0.4, -0.2) is 45.6 Å². The number of benzene rings is 2. The summed E-state index contributed by atoms with van der Waals surface area (Å²) in [5.41, 5.74) is 0.388. The molecule has 1 saturated carbocycles. The topological polar surface area (TPSA) is 127 Å². The second-order valence-corrected chi connectivity index (χ2v) is 7.62. The fraction of sp³-hybridized carbons (Fsp3) is 0.273. The number of hydrogen-bond acceptors (Lipinski definition) is 7. The summed E-state index contributed by atoms with van der Waals surface area (Å²) in [5, 5.41) is 10.9. The summed E-state index contributed by atoms with van der Waals surface area (Å²) < 4.78 is 4.97. The predicted molar refractivity (Wildman–Crippen MR) is 111 cm³/mol. The third-order valence-electron chi connectivity index (χ3n) is 5.31. The Morgan fingerprint density at radius 1 is 1.06 bits per heavy atom. The van der Waals surface area contributed by atoms with Crippen molar-refractivity contribution in [1.29, 1.82) is 0 Å². The van der Waals surface area contributed by atoms with Gasteiger partial charge in [-0.3, -0.25) is 29.3 Å². The van der Waals surface area contributed by atoms with E-state index in [1.165, 1.54) is 60.4 Å². The number of rotatable bonds is 6. The summed E-state index contributed by atoms with van der Waals surface area (Å²) in [5.74, 6) is -1.61. The lowest BCUT2D eigenvalue weighted by Crippen LogP contribution is -2.46. The van der Waals surface area contributed by atoms with Crippen LogP contribution >= 0.6 is 0 Å². The molecule has 0 aromatic heterocycles. The summed E-state index contributed by atoms with van der Waals surface area (Å²) in [6, 6.07) is 10.00. The molecule has 1 saturated heterocycles. The van der Waals surface area contributed by atoms with Crippen molar-refractivity contribution in [3.05, 3.63) is 64.2 Å². The maximum Gasteiger partial charge on any atom is 0.308 e. The summed E-state index contributed by atoms with van der Waals surface area (Å²) >= 11 is 0. The van der Waals surface area contributed by atoms with E-state index in [1.54, 1.807) is 0 Å². The van der Waals surface area contributed by atoms with Crippen LogP contribution in [0.4, 0.5) is 11.4 Å². The third-order valence-corrected chi connectivity index (χ3v) is 5.31. The summed E-state index contributed by atoms with van der Waals surface area (Å²) in [7, 11) is 0. The van der Waals surface area contributed by atoms with Crippen LogP contribution in [0.1, 0.15) is 36.5 Å². The fourth-order valence-electron chi connectivity index (χ4n) is 3.72. The molecule has 2 aromatic rings. The average molecular weight is 437 g/mol. The zero-order chi connectivity index (χ0) is 23.0. The average Bonchev–Trinajstić information content (AvgIpc) is 3.54. The Balaban J connectivity index is 1.57. The zero-order valence-corrected chi connectivity index (χ0v) is 17.1. The van der Waals surface area contributed by atoms with E-state index in [9.17, 15) is 29.3 Å². The predicted octanol–water partition coefficient (Wildman–Crippen LogP) is 2.46. The van der Waals surface area contributed by atoms with E-state index in [2.05, 4.69) is 0 Å². The van der Waals surface area contributed by atoms with Crippen molar-refractivity contribution >= 4 is 35.1 Å². The van der Waals surface area contributed by atoms with Crippen molar-refractivity contribution in [3.8, 4) is 5.75 Å². The number of nitrogens with zero attached hydrogens (tertiary/aromatic N) is 3. The second-order valence-electron chi connectivity index (χ2n) is 7.62. The Kier molecular flexibility index (Phi) is 5.43. The molecule has 1 unspecified atom stereocenters. The molecule has 4 rings (SSSR count). The lowest BCUT2D eigenvalue weighted by Gasteiger charge is -2.27. The lowest BCUT2D eigenvalue weighted by atomic mass is 10.1. The van der Waals surface area contributed by atoms with Gasteiger partial charge in [0.2, 0.25) is 5.91 Å². The minimum atomic E-state index is -0.953. The number of carbonyl (C=O) groups is 4. The molecule has 32 heavy (non-hydrogen) atoms. The maximum absolute atomic E-state index is 13.2. The van der Waals surface area contributed by atoms with Gasteiger partial charge >= 0.3 is 5.97 Å². The fourth-order valence-corrected chi connectivity index (χ4v) is 3.72. The molecule has 2 aliphatic rings. The van der Waals surface area contributed by atoms with E-state index in [-0.39, 0.29) is 29.5 Å². The van der Waals surface area contributed by atoms with E-state index >= 15 is 0 Å². The molecular weight excluding hydrogens is 418 g/mol. The molecular formula is C22H19N3O7. The van der Waals surface area contributed by atoms with Crippen LogP contribution in [0.5, 0.6) is 5.75 Å². The van der Waals surface area contributed by atoms with Gasteiger partial charge in [-0.1, -0.05) is 0 Å². The minimum absolute atomic E-state index is 0.144. The van der Waals surface area contributed by atoms with Crippen LogP contribution in [0.2, 0.25) is 0 Å². The summed E-state index contributed by atoms with van der Waals surface area (Å²) in [6.45, 7) is 1.26. The lowest BCUT2D eigenvalue weighted by molar-refractivity contribution is -0.384. The van der Waals surface area contributed by atoms with Crippen LogP contribution in [0.3, 0.4) is 0 Å². The first-order valence-electron chi connectivity index (χ1n) is 9.98. The zero-order valence-electron chi connectivity index (χ0n) is 17.1. The van der Waals surface area contributed by atoms with Gasteiger partial charge in [0.05, 0.1) is 17.0 Å². The second kappa shape index (κ2) is 8.22. The van der Waals surface area contributed by atoms with Crippen LogP contribution < -0.4 is 9.64 Å². The smallest absolute Gasteiger partial charge is 0.308 e. The Morgan fingerprint density at radius 3 is 2.22 bits per heavy atom. The molecule has 2 fully saturated rings. The molecule has 1 heterocycles. The molecule has 10 heteroatoms. The number of imide groups is 1. The van der Waals surface area contributed by atoms with E-state index in [1.807, 2.05) is 0 Å². The van der Waals surface area contributed by atoms with Crippen LogP contribution in [-0.2, 0) is 14.4 Å². The van der Waals surface area contributed by atoms with Crippen molar-refractivity contribution in [2.75, 3.05) is 4.90 Å². The van der Waals surface area contributed by atoms with Gasteiger partial charge in [0, 0.05) is 30.7 Å².